The molecular formula is C18H22FNO. The smallest absolute Gasteiger partial charge is 0.128 e. The van der Waals surface area contributed by atoms with Crippen molar-refractivity contribution in [1.82, 2.24) is 5.32 Å². The normalized spacial score (nSPS) is 12.3. The Morgan fingerprint density at radius 2 is 1.76 bits per heavy atom. The summed E-state index contributed by atoms with van der Waals surface area (Å²) in [5, 5.41) is 3.35. The van der Waals surface area contributed by atoms with E-state index in [1.54, 1.807) is 6.07 Å². The van der Waals surface area contributed by atoms with Crippen LogP contribution in [0, 0.1) is 5.82 Å². The minimum Gasteiger partial charge on any atom is -0.375 e. The van der Waals surface area contributed by atoms with Gasteiger partial charge in [-0.1, -0.05) is 55.5 Å². The van der Waals surface area contributed by atoms with Crippen LogP contribution in [0.2, 0.25) is 0 Å². The van der Waals surface area contributed by atoms with Gasteiger partial charge in [0.15, 0.2) is 0 Å². The van der Waals surface area contributed by atoms with Gasteiger partial charge in [0.25, 0.3) is 0 Å². The molecule has 0 amide bonds. The second-order valence-electron chi connectivity index (χ2n) is 5.03. The maximum atomic E-state index is 13.9. The lowest BCUT2D eigenvalue weighted by Crippen LogP contribution is -2.27. The Labute approximate surface area is 126 Å². The zero-order chi connectivity index (χ0) is 14.9. The van der Waals surface area contributed by atoms with Crippen LogP contribution >= 0.6 is 0 Å². The van der Waals surface area contributed by atoms with Crippen molar-refractivity contribution in [2.45, 2.75) is 26.0 Å². The molecule has 1 atom stereocenters. The average Bonchev–Trinajstić information content (AvgIpc) is 2.52. The number of hydrogen-bond acceptors (Lipinski definition) is 2. The van der Waals surface area contributed by atoms with Gasteiger partial charge in [0.2, 0.25) is 0 Å². The van der Waals surface area contributed by atoms with Crippen molar-refractivity contribution >= 4 is 0 Å². The molecule has 0 aromatic heterocycles. The summed E-state index contributed by atoms with van der Waals surface area (Å²) >= 11 is 0. The summed E-state index contributed by atoms with van der Waals surface area (Å²) in [4.78, 5) is 0. The molecule has 2 rings (SSSR count). The molecule has 0 saturated carbocycles. The number of rotatable bonds is 8. The fourth-order valence-corrected chi connectivity index (χ4v) is 2.20. The fourth-order valence-electron chi connectivity index (χ4n) is 2.20. The summed E-state index contributed by atoms with van der Waals surface area (Å²) in [6, 6.07) is 16.8. The van der Waals surface area contributed by atoms with E-state index in [1.165, 1.54) is 6.07 Å². The van der Waals surface area contributed by atoms with Gasteiger partial charge in [-0.05, 0) is 24.6 Å². The fraction of sp³-hybridized carbons (Fsp3) is 0.333. The molecule has 0 saturated heterocycles. The molecule has 0 fully saturated rings. The van der Waals surface area contributed by atoms with E-state index in [4.69, 9.17) is 4.74 Å². The summed E-state index contributed by atoms with van der Waals surface area (Å²) in [5.74, 6) is -0.186. The monoisotopic (exact) mass is 287 g/mol. The van der Waals surface area contributed by atoms with Crippen molar-refractivity contribution in [3.63, 3.8) is 0 Å². The lowest BCUT2D eigenvalue weighted by Gasteiger charge is -2.19. The Bertz CT molecular complexity index is 530. The third-order valence-corrected chi connectivity index (χ3v) is 3.32. The van der Waals surface area contributed by atoms with Crippen LogP contribution in [0.3, 0.4) is 0 Å². The largest absolute Gasteiger partial charge is 0.375 e. The van der Waals surface area contributed by atoms with E-state index in [0.717, 1.165) is 18.5 Å². The highest BCUT2D eigenvalue weighted by molar-refractivity contribution is 5.21. The van der Waals surface area contributed by atoms with E-state index in [1.807, 2.05) is 42.5 Å². The van der Waals surface area contributed by atoms with E-state index in [2.05, 4.69) is 12.2 Å². The summed E-state index contributed by atoms with van der Waals surface area (Å²) in [6.45, 7) is 3.93. The zero-order valence-corrected chi connectivity index (χ0v) is 12.4. The molecule has 0 spiro atoms. The third-order valence-electron chi connectivity index (χ3n) is 3.32. The Morgan fingerprint density at radius 1 is 1.05 bits per heavy atom. The minimum atomic E-state index is -0.186. The van der Waals surface area contributed by atoms with E-state index in [9.17, 15) is 4.39 Å². The highest BCUT2D eigenvalue weighted by atomic mass is 19.1. The van der Waals surface area contributed by atoms with Crippen LogP contribution in [0.5, 0.6) is 0 Å². The first-order valence-electron chi connectivity index (χ1n) is 7.40. The van der Waals surface area contributed by atoms with Crippen LogP contribution in [-0.2, 0) is 11.3 Å². The maximum absolute atomic E-state index is 13.9. The molecule has 1 unspecified atom stereocenters. The molecule has 2 nitrogen and oxygen atoms in total. The highest BCUT2D eigenvalue weighted by Crippen LogP contribution is 2.18. The zero-order valence-electron chi connectivity index (χ0n) is 12.4. The van der Waals surface area contributed by atoms with E-state index < -0.39 is 0 Å². The van der Waals surface area contributed by atoms with Crippen molar-refractivity contribution in [3.05, 3.63) is 71.5 Å². The summed E-state index contributed by atoms with van der Waals surface area (Å²) < 4.78 is 19.7. The molecule has 0 aliphatic rings. The first-order valence-corrected chi connectivity index (χ1v) is 7.40. The predicted molar refractivity (Wildman–Crippen MR) is 83.5 cm³/mol. The maximum Gasteiger partial charge on any atom is 0.128 e. The van der Waals surface area contributed by atoms with Gasteiger partial charge in [-0.15, -0.1) is 0 Å². The molecule has 1 N–H and O–H groups in total. The Balaban J connectivity index is 1.95. The molecule has 3 heteroatoms. The van der Waals surface area contributed by atoms with Crippen molar-refractivity contribution < 1.29 is 9.13 Å². The Morgan fingerprint density at radius 3 is 2.48 bits per heavy atom. The number of halogens is 1. The molecule has 0 bridgehead atoms. The number of ether oxygens (including phenoxy) is 1. The quantitative estimate of drug-likeness (QED) is 0.790. The minimum absolute atomic E-state index is 0.116. The lowest BCUT2D eigenvalue weighted by molar-refractivity contribution is 0.0977. The van der Waals surface area contributed by atoms with Gasteiger partial charge in [0, 0.05) is 5.56 Å². The van der Waals surface area contributed by atoms with Crippen molar-refractivity contribution in [2.24, 2.45) is 0 Å². The number of nitrogens with one attached hydrogen (secondary N) is 1. The molecule has 2 aromatic rings. The summed E-state index contributed by atoms with van der Waals surface area (Å²) in [7, 11) is 0. The van der Waals surface area contributed by atoms with Crippen molar-refractivity contribution in [3.8, 4) is 0 Å². The second kappa shape index (κ2) is 8.55. The highest BCUT2D eigenvalue weighted by Gasteiger charge is 2.14. The molecular weight excluding hydrogens is 265 g/mol. The predicted octanol–water partition coefficient (Wildman–Crippen LogP) is 4.08. The summed E-state index contributed by atoms with van der Waals surface area (Å²) in [5.41, 5.74) is 1.79. The molecule has 21 heavy (non-hydrogen) atoms. The molecule has 0 aliphatic heterocycles. The Kier molecular flexibility index (Phi) is 6.38. The van der Waals surface area contributed by atoms with Crippen molar-refractivity contribution in [2.75, 3.05) is 13.2 Å². The number of hydrogen-bond donors (Lipinski definition) is 1. The molecule has 0 heterocycles. The standard InChI is InChI=1S/C18H22FNO/c1-2-12-20-18(16-10-6-7-11-17(16)19)14-21-13-15-8-4-3-5-9-15/h3-11,18,20H,2,12-14H2,1H3. The van der Waals surface area contributed by atoms with Crippen LogP contribution in [0.15, 0.2) is 54.6 Å². The van der Waals surface area contributed by atoms with Crippen LogP contribution in [-0.4, -0.2) is 13.2 Å². The topological polar surface area (TPSA) is 21.3 Å². The Hall–Kier alpha value is -1.71. The van der Waals surface area contributed by atoms with Gasteiger partial charge in [0.05, 0.1) is 19.3 Å². The van der Waals surface area contributed by atoms with Gasteiger partial charge in [-0.25, -0.2) is 4.39 Å². The third kappa shape index (κ3) is 4.96. The van der Waals surface area contributed by atoms with E-state index in [0.29, 0.717) is 18.8 Å². The second-order valence-corrected chi connectivity index (χ2v) is 5.03. The first-order chi connectivity index (χ1) is 10.3. The van der Waals surface area contributed by atoms with Crippen LogP contribution in [0.1, 0.15) is 30.5 Å². The van der Waals surface area contributed by atoms with Crippen LogP contribution in [0.4, 0.5) is 4.39 Å². The van der Waals surface area contributed by atoms with Crippen LogP contribution in [0.25, 0.3) is 0 Å². The van der Waals surface area contributed by atoms with Gasteiger partial charge in [-0.3, -0.25) is 0 Å². The molecule has 2 aromatic carbocycles. The van der Waals surface area contributed by atoms with Gasteiger partial charge in [0.1, 0.15) is 5.82 Å². The van der Waals surface area contributed by atoms with Gasteiger partial charge < -0.3 is 10.1 Å². The molecule has 0 aliphatic carbocycles. The SMILES string of the molecule is CCCNC(COCc1ccccc1)c1ccccc1F. The number of benzene rings is 2. The van der Waals surface area contributed by atoms with Crippen molar-refractivity contribution in [1.29, 1.82) is 0 Å². The van der Waals surface area contributed by atoms with E-state index in [-0.39, 0.29) is 11.9 Å². The lowest BCUT2D eigenvalue weighted by atomic mass is 10.1. The average molecular weight is 287 g/mol. The first kappa shape index (κ1) is 15.7. The van der Waals surface area contributed by atoms with Crippen LogP contribution < -0.4 is 5.32 Å². The van der Waals surface area contributed by atoms with Gasteiger partial charge in [-0.2, -0.15) is 0 Å². The molecule has 0 radical (unpaired) electrons. The summed E-state index contributed by atoms with van der Waals surface area (Å²) in [6.07, 6.45) is 1.00. The molecule has 112 valence electrons. The van der Waals surface area contributed by atoms with Gasteiger partial charge >= 0.3 is 0 Å². The van der Waals surface area contributed by atoms with E-state index >= 15 is 0 Å².